The van der Waals surface area contributed by atoms with Crippen molar-refractivity contribution in [2.75, 3.05) is 37.4 Å². The number of benzene rings is 1. The Morgan fingerprint density at radius 3 is 2.63 bits per heavy atom. The van der Waals surface area contributed by atoms with E-state index in [1.54, 1.807) is 4.90 Å². The smallest absolute Gasteiger partial charge is 0.329 e. The van der Waals surface area contributed by atoms with Crippen molar-refractivity contribution in [1.29, 1.82) is 0 Å². The standard InChI is InChI=1S/C20H25FN4O5/c1-30-17-15-12(18(28)23-19(29)25(15)9-2-3-9)14(22)13(21)16(17)24-6-10(11(27)7-26)20(8-24)4-5-20/h9-11,26-27H,2-8,22H2,1H3,(H,23,28,29). The number of aliphatic hydroxyl groups is 2. The Morgan fingerprint density at radius 1 is 1.37 bits per heavy atom. The van der Waals surface area contributed by atoms with Gasteiger partial charge in [0.05, 0.1) is 30.9 Å². The summed E-state index contributed by atoms with van der Waals surface area (Å²) in [6, 6.07) is -0.0965. The van der Waals surface area contributed by atoms with Crippen molar-refractivity contribution >= 4 is 22.3 Å². The van der Waals surface area contributed by atoms with Gasteiger partial charge in [-0.25, -0.2) is 9.18 Å². The van der Waals surface area contributed by atoms with Gasteiger partial charge < -0.3 is 25.6 Å². The molecule has 0 radical (unpaired) electrons. The SMILES string of the molecule is COc1c(N2CC(C(O)CO)C3(CC3)C2)c(F)c(N)c2c(=O)[nH]c(=O)n(C3CC3)c12. The molecule has 2 saturated carbocycles. The van der Waals surface area contributed by atoms with Crippen LogP contribution in [0.25, 0.3) is 10.9 Å². The number of fused-ring (bicyclic) bond motifs is 1. The number of H-pyrrole nitrogens is 1. The molecule has 0 bridgehead atoms. The number of hydrogen-bond acceptors (Lipinski definition) is 7. The van der Waals surface area contributed by atoms with Gasteiger partial charge in [-0.1, -0.05) is 0 Å². The number of methoxy groups -OCH3 is 1. The molecule has 9 nitrogen and oxygen atoms in total. The third-order valence-corrected chi connectivity index (χ3v) is 6.97. The van der Waals surface area contributed by atoms with E-state index in [1.807, 2.05) is 0 Å². The highest BCUT2D eigenvalue weighted by Crippen LogP contribution is 2.59. The normalized spacial score (nSPS) is 23.3. The molecular weight excluding hydrogens is 395 g/mol. The monoisotopic (exact) mass is 420 g/mol. The van der Waals surface area contributed by atoms with Crippen molar-refractivity contribution in [2.24, 2.45) is 11.3 Å². The van der Waals surface area contributed by atoms with Crippen LogP contribution < -0.4 is 26.6 Å². The van der Waals surface area contributed by atoms with E-state index in [0.717, 1.165) is 25.7 Å². The topological polar surface area (TPSA) is 134 Å². The van der Waals surface area contributed by atoms with Gasteiger partial charge in [0.1, 0.15) is 11.2 Å². The van der Waals surface area contributed by atoms with Gasteiger partial charge in [-0.05, 0) is 31.1 Å². The number of anilines is 2. The van der Waals surface area contributed by atoms with Gasteiger partial charge in [-0.15, -0.1) is 0 Å². The van der Waals surface area contributed by atoms with E-state index in [0.29, 0.717) is 13.1 Å². The summed E-state index contributed by atoms with van der Waals surface area (Å²) in [6.07, 6.45) is 2.40. The van der Waals surface area contributed by atoms with E-state index in [9.17, 15) is 19.8 Å². The molecule has 1 spiro atoms. The number of hydrogen-bond donors (Lipinski definition) is 4. The third kappa shape index (κ3) is 2.59. The Hall–Kier alpha value is -2.59. The first-order valence-electron chi connectivity index (χ1n) is 10.2. The van der Waals surface area contributed by atoms with Gasteiger partial charge >= 0.3 is 5.69 Å². The fourth-order valence-corrected chi connectivity index (χ4v) is 5.14. The molecule has 5 rings (SSSR count). The van der Waals surface area contributed by atoms with Crippen molar-refractivity contribution in [1.82, 2.24) is 9.55 Å². The van der Waals surface area contributed by atoms with E-state index < -0.39 is 23.2 Å². The lowest BCUT2D eigenvalue weighted by Gasteiger charge is -2.25. The number of rotatable bonds is 5. The average molecular weight is 420 g/mol. The van der Waals surface area contributed by atoms with Gasteiger partial charge in [0.2, 0.25) is 0 Å². The molecule has 2 aliphatic carbocycles. The predicted octanol–water partition coefficient (Wildman–Crippen LogP) is 0.324. The maximum atomic E-state index is 15.5. The Bertz CT molecular complexity index is 1150. The van der Waals surface area contributed by atoms with Crippen LogP contribution in [-0.2, 0) is 0 Å². The fourth-order valence-electron chi connectivity index (χ4n) is 5.14. The second-order valence-corrected chi connectivity index (χ2v) is 8.79. The molecule has 2 heterocycles. The minimum absolute atomic E-state index is 0.0909. The maximum absolute atomic E-state index is 15.5. The lowest BCUT2D eigenvalue weighted by Crippen LogP contribution is -2.32. The largest absolute Gasteiger partial charge is 0.492 e. The predicted molar refractivity (Wildman–Crippen MR) is 108 cm³/mol. The average Bonchev–Trinajstić information content (AvgIpc) is 3.62. The molecule has 2 atom stereocenters. The summed E-state index contributed by atoms with van der Waals surface area (Å²) in [6.45, 7) is 0.428. The number of aliphatic hydroxyl groups excluding tert-OH is 2. The summed E-state index contributed by atoms with van der Waals surface area (Å²) >= 11 is 0. The summed E-state index contributed by atoms with van der Waals surface area (Å²) in [7, 11) is 1.37. The first-order valence-corrected chi connectivity index (χ1v) is 10.2. The third-order valence-electron chi connectivity index (χ3n) is 6.97. The molecule has 0 amide bonds. The van der Waals surface area contributed by atoms with Gasteiger partial charge in [0, 0.05) is 25.0 Å². The number of aromatic amines is 1. The molecule has 5 N–H and O–H groups in total. The van der Waals surface area contributed by atoms with Crippen molar-refractivity contribution in [3.05, 3.63) is 26.7 Å². The van der Waals surface area contributed by atoms with Crippen molar-refractivity contribution < 1.29 is 19.3 Å². The zero-order valence-electron chi connectivity index (χ0n) is 16.7. The van der Waals surface area contributed by atoms with Crippen LogP contribution in [0.1, 0.15) is 31.7 Å². The van der Waals surface area contributed by atoms with Gasteiger partial charge in [-0.2, -0.15) is 0 Å². The zero-order chi connectivity index (χ0) is 21.4. The van der Waals surface area contributed by atoms with E-state index in [-0.39, 0.29) is 52.0 Å². The molecule has 30 heavy (non-hydrogen) atoms. The van der Waals surface area contributed by atoms with Crippen LogP contribution >= 0.6 is 0 Å². The fraction of sp³-hybridized carbons (Fsp3) is 0.600. The number of aromatic nitrogens is 2. The number of nitrogen functional groups attached to an aromatic ring is 1. The molecule has 1 aromatic heterocycles. The lowest BCUT2D eigenvalue weighted by molar-refractivity contribution is 0.0335. The summed E-state index contributed by atoms with van der Waals surface area (Å²) in [5.74, 6) is -0.893. The summed E-state index contributed by atoms with van der Waals surface area (Å²) in [4.78, 5) is 29.1. The minimum atomic E-state index is -0.906. The van der Waals surface area contributed by atoms with Crippen LogP contribution in [0.15, 0.2) is 9.59 Å². The Balaban J connectivity index is 1.76. The number of nitrogens with one attached hydrogen (secondary N) is 1. The number of nitrogens with zero attached hydrogens (tertiary/aromatic N) is 2. The molecule has 2 aromatic rings. The quantitative estimate of drug-likeness (QED) is 0.512. The molecular formula is C20H25FN4O5. The Labute approximate surface area is 170 Å². The van der Waals surface area contributed by atoms with E-state index in [2.05, 4.69) is 4.98 Å². The highest BCUT2D eigenvalue weighted by atomic mass is 19.1. The van der Waals surface area contributed by atoms with Gasteiger partial charge in [-0.3, -0.25) is 14.3 Å². The molecule has 3 fully saturated rings. The van der Waals surface area contributed by atoms with Crippen LogP contribution in [0.2, 0.25) is 0 Å². The first kappa shape index (κ1) is 19.4. The van der Waals surface area contributed by atoms with Crippen LogP contribution in [0, 0.1) is 17.2 Å². The van der Waals surface area contributed by atoms with E-state index in [1.165, 1.54) is 11.7 Å². The summed E-state index contributed by atoms with van der Waals surface area (Å²) < 4.78 is 22.6. The Kier molecular flexibility index (Phi) is 4.17. The van der Waals surface area contributed by atoms with Crippen molar-refractivity contribution in [2.45, 2.75) is 37.8 Å². The highest BCUT2D eigenvalue weighted by Gasteiger charge is 2.57. The van der Waals surface area contributed by atoms with Crippen LogP contribution in [0.3, 0.4) is 0 Å². The molecule has 1 saturated heterocycles. The number of halogens is 1. The molecule has 1 aliphatic heterocycles. The Morgan fingerprint density at radius 2 is 2.07 bits per heavy atom. The number of nitrogens with two attached hydrogens (primary N) is 1. The second-order valence-electron chi connectivity index (χ2n) is 8.79. The van der Waals surface area contributed by atoms with Crippen molar-refractivity contribution in [3.8, 4) is 5.75 Å². The molecule has 2 unspecified atom stereocenters. The van der Waals surface area contributed by atoms with Gasteiger partial charge in [0.15, 0.2) is 11.6 Å². The summed E-state index contributed by atoms with van der Waals surface area (Å²) in [5.41, 5.74) is 4.55. The summed E-state index contributed by atoms with van der Waals surface area (Å²) in [5, 5.41) is 19.7. The van der Waals surface area contributed by atoms with Crippen LogP contribution in [-0.4, -0.2) is 52.7 Å². The lowest BCUT2D eigenvalue weighted by atomic mass is 9.88. The zero-order valence-corrected chi connectivity index (χ0v) is 16.7. The maximum Gasteiger partial charge on any atom is 0.329 e. The highest BCUT2D eigenvalue weighted by molar-refractivity contribution is 5.99. The minimum Gasteiger partial charge on any atom is -0.492 e. The number of ether oxygens (including phenoxy) is 1. The van der Waals surface area contributed by atoms with E-state index in [4.69, 9.17) is 10.5 Å². The van der Waals surface area contributed by atoms with Gasteiger partial charge in [0.25, 0.3) is 5.56 Å². The van der Waals surface area contributed by atoms with Crippen LogP contribution in [0.4, 0.5) is 15.8 Å². The first-order chi connectivity index (χ1) is 14.3. The van der Waals surface area contributed by atoms with Crippen molar-refractivity contribution in [3.63, 3.8) is 0 Å². The molecule has 1 aromatic carbocycles. The second kappa shape index (κ2) is 6.45. The van der Waals surface area contributed by atoms with E-state index >= 15 is 4.39 Å². The van der Waals surface area contributed by atoms with Crippen LogP contribution in [0.5, 0.6) is 5.75 Å². The molecule has 10 heteroatoms. The molecule has 162 valence electrons. The molecule has 3 aliphatic rings.